The van der Waals surface area contributed by atoms with Crippen molar-refractivity contribution in [3.63, 3.8) is 0 Å². The van der Waals surface area contributed by atoms with Crippen LogP contribution in [0.1, 0.15) is 51.7 Å². The minimum absolute atomic E-state index is 0.0935. The van der Waals surface area contributed by atoms with Gasteiger partial charge in [-0.1, -0.05) is 19.3 Å². The van der Waals surface area contributed by atoms with Crippen molar-refractivity contribution in [2.75, 3.05) is 18.0 Å². The van der Waals surface area contributed by atoms with E-state index in [-0.39, 0.29) is 17.5 Å². The van der Waals surface area contributed by atoms with Crippen molar-refractivity contribution in [2.24, 2.45) is 0 Å². The molecular formula is C18H25N3O2. The van der Waals surface area contributed by atoms with E-state index >= 15 is 0 Å². The number of rotatable bonds is 6. The Morgan fingerprint density at radius 1 is 1.35 bits per heavy atom. The van der Waals surface area contributed by atoms with Crippen molar-refractivity contribution < 1.29 is 9.21 Å². The number of nitriles is 1. The van der Waals surface area contributed by atoms with Crippen molar-refractivity contribution >= 4 is 17.9 Å². The van der Waals surface area contributed by atoms with Crippen LogP contribution in [-0.2, 0) is 4.79 Å². The number of hydrogen-bond donors (Lipinski definition) is 1. The molecule has 5 nitrogen and oxygen atoms in total. The molecule has 1 N–H and O–H groups in total. The van der Waals surface area contributed by atoms with Gasteiger partial charge in [0.2, 0.25) is 0 Å². The van der Waals surface area contributed by atoms with Gasteiger partial charge < -0.3 is 14.6 Å². The Balaban J connectivity index is 2.05. The lowest BCUT2D eigenvalue weighted by Gasteiger charge is -2.22. The van der Waals surface area contributed by atoms with Crippen molar-refractivity contribution in [2.45, 2.75) is 52.0 Å². The third kappa shape index (κ3) is 4.62. The second-order valence-electron chi connectivity index (χ2n) is 5.83. The summed E-state index contributed by atoms with van der Waals surface area (Å²) in [5, 5.41) is 12.2. The van der Waals surface area contributed by atoms with Crippen molar-refractivity contribution in [1.82, 2.24) is 5.32 Å². The summed E-state index contributed by atoms with van der Waals surface area (Å²) < 4.78 is 5.72. The fourth-order valence-corrected chi connectivity index (χ4v) is 2.93. The van der Waals surface area contributed by atoms with Gasteiger partial charge in [-0.05, 0) is 32.8 Å². The number of hydrogen-bond acceptors (Lipinski definition) is 4. The zero-order chi connectivity index (χ0) is 16.7. The molecule has 0 radical (unpaired) electrons. The van der Waals surface area contributed by atoms with Crippen LogP contribution in [0.15, 0.2) is 22.1 Å². The van der Waals surface area contributed by atoms with Gasteiger partial charge >= 0.3 is 0 Å². The molecule has 124 valence electrons. The molecule has 0 aromatic carbocycles. The number of anilines is 1. The highest BCUT2D eigenvalue weighted by Crippen LogP contribution is 2.21. The van der Waals surface area contributed by atoms with Crippen LogP contribution in [0.5, 0.6) is 0 Å². The molecule has 0 bridgehead atoms. The van der Waals surface area contributed by atoms with Crippen LogP contribution >= 0.6 is 0 Å². The van der Waals surface area contributed by atoms with E-state index in [4.69, 9.17) is 4.42 Å². The lowest BCUT2D eigenvalue weighted by molar-refractivity contribution is -0.117. The smallest absolute Gasteiger partial charge is 0.262 e. The van der Waals surface area contributed by atoms with E-state index in [0.717, 1.165) is 44.7 Å². The second kappa shape index (κ2) is 8.42. The number of carbonyl (C=O) groups excluding carboxylic acids is 1. The Bertz CT molecular complexity index is 588. The molecule has 1 fully saturated rings. The van der Waals surface area contributed by atoms with Crippen LogP contribution < -0.4 is 10.2 Å². The van der Waals surface area contributed by atoms with Gasteiger partial charge in [0.25, 0.3) is 5.91 Å². The molecule has 1 aromatic heterocycles. The summed E-state index contributed by atoms with van der Waals surface area (Å²) in [6.07, 6.45) is 7.03. The molecule has 0 spiro atoms. The largest absolute Gasteiger partial charge is 0.441 e. The van der Waals surface area contributed by atoms with Gasteiger partial charge in [0.1, 0.15) is 17.4 Å². The Morgan fingerprint density at radius 3 is 2.65 bits per heavy atom. The van der Waals surface area contributed by atoms with Crippen LogP contribution in [0.4, 0.5) is 5.88 Å². The molecule has 1 aliphatic carbocycles. The molecule has 2 rings (SSSR count). The topological polar surface area (TPSA) is 69.3 Å². The fourth-order valence-electron chi connectivity index (χ4n) is 2.93. The van der Waals surface area contributed by atoms with E-state index in [1.807, 2.05) is 12.1 Å². The molecule has 0 aliphatic heterocycles. The lowest BCUT2D eigenvalue weighted by atomic mass is 9.95. The molecule has 0 saturated heterocycles. The fraction of sp³-hybridized carbons (Fsp3) is 0.556. The van der Waals surface area contributed by atoms with Crippen molar-refractivity contribution in [3.05, 3.63) is 23.5 Å². The highest BCUT2D eigenvalue weighted by Gasteiger charge is 2.18. The predicted octanol–water partition coefficient (Wildman–Crippen LogP) is 3.48. The van der Waals surface area contributed by atoms with Gasteiger partial charge in [0.15, 0.2) is 5.88 Å². The second-order valence-corrected chi connectivity index (χ2v) is 5.83. The zero-order valence-corrected chi connectivity index (χ0v) is 14.0. The van der Waals surface area contributed by atoms with Crippen LogP contribution in [0.2, 0.25) is 0 Å². The standard InChI is InChI=1S/C18H25N3O2/c1-3-21(4-2)17-11-10-16(23-17)12-14(13-19)18(22)20-15-8-6-5-7-9-15/h10-12,15H,3-9H2,1-2H3,(H,20,22). The van der Waals surface area contributed by atoms with Crippen LogP contribution in [-0.4, -0.2) is 25.0 Å². The van der Waals surface area contributed by atoms with E-state index in [2.05, 4.69) is 24.1 Å². The maximum atomic E-state index is 12.2. The summed E-state index contributed by atoms with van der Waals surface area (Å²) in [4.78, 5) is 14.3. The van der Waals surface area contributed by atoms with Crippen LogP contribution in [0.3, 0.4) is 0 Å². The Morgan fingerprint density at radius 2 is 2.04 bits per heavy atom. The van der Waals surface area contributed by atoms with Gasteiger partial charge in [-0.2, -0.15) is 5.26 Å². The molecule has 1 saturated carbocycles. The summed E-state index contributed by atoms with van der Waals surface area (Å²) in [7, 11) is 0. The Labute approximate surface area is 138 Å². The number of carbonyl (C=O) groups is 1. The summed E-state index contributed by atoms with van der Waals surface area (Å²) in [5.41, 5.74) is 0.0935. The number of furan rings is 1. The van der Waals surface area contributed by atoms with Gasteiger partial charge in [-0.3, -0.25) is 4.79 Å². The number of amides is 1. The summed E-state index contributed by atoms with van der Waals surface area (Å²) >= 11 is 0. The van der Waals surface area contributed by atoms with Crippen molar-refractivity contribution in [3.8, 4) is 6.07 Å². The maximum Gasteiger partial charge on any atom is 0.262 e. The number of nitrogens with zero attached hydrogens (tertiary/aromatic N) is 2. The third-order valence-electron chi connectivity index (χ3n) is 4.28. The lowest BCUT2D eigenvalue weighted by Crippen LogP contribution is -2.36. The van der Waals surface area contributed by atoms with Crippen LogP contribution in [0, 0.1) is 11.3 Å². The Hall–Kier alpha value is -2.22. The predicted molar refractivity (Wildman–Crippen MR) is 90.9 cm³/mol. The molecule has 0 atom stereocenters. The van der Waals surface area contributed by atoms with E-state index in [1.165, 1.54) is 12.5 Å². The molecule has 1 amide bonds. The normalized spacial score (nSPS) is 16.0. The average molecular weight is 315 g/mol. The first-order valence-electron chi connectivity index (χ1n) is 8.45. The zero-order valence-electron chi connectivity index (χ0n) is 14.0. The molecule has 1 aromatic rings. The van der Waals surface area contributed by atoms with Gasteiger partial charge in [-0.15, -0.1) is 0 Å². The average Bonchev–Trinajstić information content (AvgIpc) is 3.03. The van der Waals surface area contributed by atoms with E-state index in [9.17, 15) is 10.1 Å². The highest BCUT2D eigenvalue weighted by molar-refractivity contribution is 6.01. The maximum absolute atomic E-state index is 12.2. The van der Waals surface area contributed by atoms with E-state index < -0.39 is 0 Å². The third-order valence-corrected chi connectivity index (χ3v) is 4.28. The summed E-state index contributed by atoms with van der Waals surface area (Å²) in [6, 6.07) is 5.83. The quantitative estimate of drug-likeness (QED) is 0.644. The van der Waals surface area contributed by atoms with E-state index in [1.54, 1.807) is 6.07 Å². The number of nitrogens with one attached hydrogen (secondary N) is 1. The van der Waals surface area contributed by atoms with Crippen LogP contribution in [0.25, 0.3) is 6.08 Å². The first-order valence-corrected chi connectivity index (χ1v) is 8.45. The molecule has 0 unspecified atom stereocenters. The monoisotopic (exact) mass is 315 g/mol. The minimum atomic E-state index is -0.305. The molecular weight excluding hydrogens is 290 g/mol. The van der Waals surface area contributed by atoms with Crippen molar-refractivity contribution in [1.29, 1.82) is 5.26 Å². The molecule has 5 heteroatoms. The Kier molecular flexibility index (Phi) is 6.28. The molecule has 1 aliphatic rings. The summed E-state index contributed by atoms with van der Waals surface area (Å²) in [5.74, 6) is 0.980. The first kappa shape index (κ1) is 17.1. The first-order chi connectivity index (χ1) is 11.2. The SMILES string of the molecule is CCN(CC)c1ccc(C=C(C#N)C(=O)NC2CCCCC2)o1. The minimum Gasteiger partial charge on any atom is -0.441 e. The highest BCUT2D eigenvalue weighted by atomic mass is 16.4. The summed E-state index contributed by atoms with van der Waals surface area (Å²) in [6.45, 7) is 5.81. The molecule has 1 heterocycles. The van der Waals surface area contributed by atoms with E-state index in [0.29, 0.717) is 5.76 Å². The van der Waals surface area contributed by atoms with Gasteiger partial charge in [0.05, 0.1) is 0 Å². The van der Waals surface area contributed by atoms with Gasteiger partial charge in [-0.25, -0.2) is 0 Å². The van der Waals surface area contributed by atoms with Gasteiger partial charge in [0, 0.05) is 31.3 Å². The molecule has 23 heavy (non-hydrogen) atoms.